The zero-order valence-electron chi connectivity index (χ0n) is 10.4. The third-order valence-electron chi connectivity index (χ3n) is 2.79. The highest BCUT2D eigenvalue weighted by Gasteiger charge is 2.28. The first-order valence-electron chi connectivity index (χ1n) is 5.88. The number of ether oxygens (including phenoxy) is 1. The molecule has 0 saturated heterocycles. The molecular weight excluding hydrogens is 256 g/mol. The van der Waals surface area contributed by atoms with Gasteiger partial charge in [0.05, 0.1) is 12.3 Å². The molecule has 0 aliphatic rings. The highest BCUT2D eigenvalue weighted by Crippen LogP contribution is 2.17. The van der Waals surface area contributed by atoms with Gasteiger partial charge in [0.15, 0.2) is 0 Å². The molecule has 1 aromatic heterocycles. The van der Waals surface area contributed by atoms with E-state index in [0.29, 0.717) is 6.54 Å². The van der Waals surface area contributed by atoms with Gasteiger partial charge in [-0.15, -0.1) is 0 Å². The minimum atomic E-state index is -5.05. The zero-order valence-corrected chi connectivity index (χ0v) is 10.4. The van der Waals surface area contributed by atoms with Gasteiger partial charge in [-0.25, -0.2) is 4.98 Å². The van der Waals surface area contributed by atoms with E-state index in [1.54, 1.807) is 12.4 Å². The first kappa shape index (κ1) is 13.5. The summed E-state index contributed by atoms with van der Waals surface area (Å²) >= 11 is 0. The van der Waals surface area contributed by atoms with Crippen LogP contribution in [0.4, 0.5) is 12.9 Å². The molecule has 19 heavy (non-hydrogen) atoms. The standard InChI is InChI=1S/C12H13BF3N2O/c1-10-17-6-7-18(10)8-9-19-12-5-3-2-4-11(12)13(14,15)16/h2-7H,8-9H2,1H3/q-1. The molecule has 0 aliphatic carbocycles. The molecule has 7 heteroatoms. The van der Waals surface area contributed by atoms with Crippen LogP contribution in [0, 0.1) is 6.92 Å². The van der Waals surface area contributed by atoms with Gasteiger partial charge in [0, 0.05) is 12.4 Å². The number of halogens is 3. The maximum absolute atomic E-state index is 12.8. The van der Waals surface area contributed by atoms with Crippen molar-refractivity contribution in [2.45, 2.75) is 13.5 Å². The Balaban J connectivity index is 2.02. The summed E-state index contributed by atoms with van der Waals surface area (Å²) in [6, 6.07) is 5.27. The van der Waals surface area contributed by atoms with Crippen molar-refractivity contribution in [2.75, 3.05) is 6.61 Å². The second kappa shape index (κ2) is 5.38. The zero-order chi connectivity index (χ0) is 13.9. The molecule has 0 fully saturated rings. The van der Waals surface area contributed by atoms with E-state index < -0.39 is 12.4 Å². The summed E-state index contributed by atoms with van der Waals surface area (Å²) in [6.07, 6.45) is 3.40. The van der Waals surface area contributed by atoms with Crippen molar-refractivity contribution in [3.63, 3.8) is 0 Å². The Bertz CT molecular complexity index is 554. The lowest BCUT2D eigenvalue weighted by Crippen LogP contribution is -2.35. The first-order chi connectivity index (χ1) is 8.98. The Labute approximate surface area is 109 Å². The van der Waals surface area contributed by atoms with Crippen molar-refractivity contribution in [3.8, 4) is 5.75 Å². The van der Waals surface area contributed by atoms with Gasteiger partial charge in [0.2, 0.25) is 0 Å². The smallest absolute Gasteiger partial charge is 0.495 e. The van der Waals surface area contributed by atoms with E-state index in [0.717, 1.165) is 11.9 Å². The molecule has 3 nitrogen and oxygen atoms in total. The number of nitrogens with zero attached hydrogens (tertiary/aromatic N) is 2. The van der Waals surface area contributed by atoms with Crippen molar-refractivity contribution in [1.82, 2.24) is 9.55 Å². The van der Waals surface area contributed by atoms with Crippen molar-refractivity contribution in [2.24, 2.45) is 0 Å². The van der Waals surface area contributed by atoms with Crippen LogP contribution in [-0.2, 0) is 6.54 Å². The molecule has 0 amide bonds. The molecule has 1 aromatic carbocycles. The van der Waals surface area contributed by atoms with Gasteiger partial charge < -0.3 is 22.3 Å². The van der Waals surface area contributed by atoms with Gasteiger partial charge in [-0.05, 0) is 13.0 Å². The predicted molar refractivity (Wildman–Crippen MR) is 67.6 cm³/mol. The summed E-state index contributed by atoms with van der Waals surface area (Å²) in [4.78, 5) is 4.03. The molecule has 2 aromatic rings. The molecule has 2 rings (SSSR count). The summed E-state index contributed by atoms with van der Waals surface area (Å²) in [7, 11) is 0. The third kappa shape index (κ3) is 3.30. The predicted octanol–water partition coefficient (Wildman–Crippen LogP) is 2.32. The average molecular weight is 269 g/mol. The van der Waals surface area contributed by atoms with Crippen LogP contribution in [0.15, 0.2) is 36.7 Å². The van der Waals surface area contributed by atoms with Crippen molar-refractivity contribution < 1.29 is 17.7 Å². The Morgan fingerprint density at radius 1 is 1.26 bits per heavy atom. The van der Waals surface area contributed by atoms with Gasteiger partial charge in [-0.2, -0.15) is 0 Å². The van der Waals surface area contributed by atoms with E-state index in [9.17, 15) is 12.9 Å². The summed E-state index contributed by atoms with van der Waals surface area (Å²) in [5.41, 5.74) is -0.690. The van der Waals surface area contributed by atoms with E-state index in [2.05, 4.69) is 4.98 Å². The highest BCUT2D eigenvalue weighted by atomic mass is 19.4. The number of aromatic nitrogens is 2. The molecule has 0 N–H and O–H groups in total. The van der Waals surface area contributed by atoms with Crippen LogP contribution in [0.3, 0.4) is 0 Å². The summed E-state index contributed by atoms with van der Waals surface area (Å²) in [5, 5.41) is 0. The van der Waals surface area contributed by atoms with Crippen LogP contribution in [0.2, 0.25) is 0 Å². The van der Waals surface area contributed by atoms with Crippen LogP contribution in [-0.4, -0.2) is 23.1 Å². The minimum absolute atomic E-state index is 0.118. The average Bonchev–Trinajstić information content (AvgIpc) is 2.75. The largest absolute Gasteiger partial charge is 0.513 e. The minimum Gasteiger partial charge on any atom is -0.495 e. The lowest BCUT2D eigenvalue weighted by molar-refractivity contribution is 0.297. The Morgan fingerprint density at radius 2 is 2.00 bits per heavy atom. The topological polar surface area (TPSA) is 27.1 Å². The molecular formula is C12H13BF3N2O-. The van der Waals surface area contributed by atoms with Crippen LogP contribution in [0.25, 0.3) is 0 Å². The van der Waals surface area contributed by atoms with Crippen molar-refractivity contribution >= 4 is 12.4 Å². The van der Waals surface area contributed by atoms with Gasteiger partial charge in [0.1, 0.15) is 12.4 Å². The molecule has 1 heterocycles. The number of benzene rings is 1. The Morgan fingerprint density at radius 3 is 2.63 bits per heavy atom. The highest BCUT2D eigenvalue weighted by molar-refractivity contribution is 6.74. The number of para-hydroxylation sites is 1. The van der Waals surface area contributed by atoms with Crippen LogP contribution in [0.1, 0.15) is 5.82 Å². The summed E-state index contributed by atoms with van der Waals surface area (Å²) < 4.78 is 45.4. The van der Waals surface area contributed by atoms with E-state index in [1.807, 2.05) is 11.5 Å². The second-order valence-electron chi connectivity index (χ2n) is 4.13. The van der Waals surface area contributed by atoms with Gasteiger partial charge in [0.25, 0.3) is 0 Å². The number of rotatable bonds is 5. The Kier molecular flexibility index (Phi) is 3.83. The van der Waals surface area contributed by atoms with E-state index in [1.165, 1.54) is 18.2 Å². The monoisotopic (exact) mass is 269 g/mol. The molecule has 0 saturated carbocycles. The number of aryl methyl sites for hydroxylation is 1. The van der Waals surface area contributed by atoms with Crippen molar-refractivity contribution in [1.29, 1.82) is 0 Å². The van der Waals surface area contributed by atoms with Gasteiger partial charge in [-0.1, -0.05) is 23.7 Å². The van der Waals surface area contributed by atoms with Crippen LogP contribution in [0.5, 0.6) is 5.75 Å². The number of hydrogen-bond donors (Lipinski definition) is 0. The van der Waals surface area contributed by atoms with Crippen LogP contribution >= 0.6 is 0 Å². The molecule has 0 bridgehead atoms. The summed E-state index contributed by atoms with van der Waals surface area (Å²) in [5.74, 6) is 0.685. The number of imidazole rings is 1. The van der Waals surface area contributed by atoms with E-state index >= 15 is 0 Å². The Hall–Kier alpha value is -1.92. The quantitative estimate of drug-likeness (QED) is 0.779. The lowest BCUT2D eigenvalue weighted by Gasteiger charge is -2.19. The summed E-state index contributed by atoms with van der Waals surface area (Å²) in [6.45, 7) is -2.60. The van der Waals surface area contributed by atoms with Gasteiger partial charge in [-0.3, -0.25) is 0 Å². The molecule has 0 atom stereocenters. The normalized spacial score (nSPS) is 11.6. The fourth-order valence-corrected chi connectivity index (χ4v) is 1.78. The first-order valence-corrected chi connectivity index (χ1v) is 5.88. The molecule has 102 valence electrons. The van der Waals surface area contributed by atoms with E-state index in [-0.39, 0.29) is 12.4 Å². The van der Waals surface area contributed by atoms with Gasteiger partial charge >= 0.3 is 6.98 Å². The SMILES string of the molecule is Cc1nccn1CCOc1ccccc1[B-](F)(F)F. The number of hydrogen-bond acceptors (Lipinski definition) is 2. The fourth-order valence-electron chi connectivity index (χ4n) is 1.78. The lowest BCUT2D eigenvalue weighted by atomic mass is 9.79. The molecule has 0 radical (unpaired) electrons. The molecule has 0 spiro atoms. The molecule has 0 unspecified atom stereocenters. The van der Waals surface area contributed by atoms with E-state index in [4.69, 9.17) is 4.74 Å². The maximum Gasteiger partial charge on any atom is 0.513 e. The van der Waals surface area contributed by atoms with Crippen LogP contribution < -0.4 is 10.2 Å². The fraction of sp³-hybridized carbons (Fsp3) is 0.250. The van der Waals surface area contributed by atoms with Crippen molar-refractivity contribution in [3.05, 3.63) is 42.5 Å². The molecule has 0 aliphatic heterocycles. The third-order valence-corrected chi connectivity index (χ3v) is 2.79. The second-order valence-corrected chi connectivity index (χ2v) is 4.13. The maximum atomic E-state index is 12.8.